The van der Waals surface area contributed by atoms with Crippen LogP contribution in [0.5, 0.6) is 0 Å². The van der Waals surface area contributed by atoms with E-state index in [1.165, 1.54) is 4.90 Å². The summed E-state index contributed by atoms with van der Waals surface area (Å²) in [5.74, 6) is -1.26. The summed E-state index contributed by atoms with van der Waals surface area (Å²) in [6.45, 7) is 3.80. The van der Waals surface area contributed by atoms with Crippen molar-refractivity contribution in [1.82, 2.24) is 0 Å². The average molecular weight is 345 g/mol. The van der Waals surface area contributed by atoms with Gasteiger partial charge in [0, 0.05) is 5.56 Å². The quantitative estimate of drug-likeness (QED) is 0.617. The molecule has 2 aromatic rings. The normalized spacial score (nSPS) is 34.6. The Bertz CT molecular complexity index is 930. The van der Waals surface area contributed by atoms with Crippen molar-refractivity contribution in [2.45, 2.75) is 25.0 Å². The first-order valence-electron chi connectivity index (χ1n) is 8.87. The van der Waals surface area contributed by atoms with E-state index in [1.54, 1.807) is 0 Å². The molecule has 0 spiro atoms. The number of anilines is 1. The predicted molar refractivity (Wildman–Crippen MR) is 98.4 cm³/mol. The minimum atomic E-state index is -0.706. The number of benzene rings is 2. The van der Waals surface area contributed by atoms with Gasteiger partial charge in [-0.3, -0.25) is 9.59 Å². The van der Waals surface area contributed by atoms with E-state index in [9.17, 15) is 9.59 Å². The van der Waals surface area contributed by atoms with Crippen LogP contribution in [0.3, 0.4) is 0 Å². The van der Waals surface area contributed by atoms with Gasteiger partial charge in [-0.25, -0.2) is 4.90 Å². The first-order valence-corrected chi connectivity index (χ1v) is 8.87. The summed E-state index contributed by atoms with van der Waals surface area (Å²) in [5, 5.41) is 0. The lowest BCUT2D eigenvalue weighted by Gasteiger charge is -2.26. The van der Waals surface area contributed by atoms with Gasteiger partial charge in [-0.1, -0.05) is 60.7 Å². The number of fused-ring (bicyclic) bond motifs is 5. The topological polar surface area (TPSA) is 46.6 Å². The highest BCUT2D eigenvalue weighted by Crippen LogP contribution is 2.57. The number of amides is 2. The number of nitrogens with zero attached hydrogens (tertiary/aromatic N) is 1. The number of para-hydroxylation sites is 1. The Balaban J connectivity index is 1.64. The molecular weight excluding hydrogens is 326 g/mol. The molecule has 2 aromatic carbocycles. The minimum Gasteiger partial charge on any atom is -0.359 e. The lowest BCUT2D eigenvalue weighted by Crippen LogP contribution is -2.39. The maximum absolute atomic E-state index is 13.3. The zero-order valence-electron chi connectivity index (χ0n) is 14.7. The van der Waals surface area contributed by atoms with Crippen LogP contribution >= 0.6 is 0 Å². The lowest BCUT2D eigenvalue weighted by molar-refractivity contribution is -0.128. The molecule has 5 rings (SSSR count). The first kappa shape index (κ1) is 15.5. The number of hydrogen-bond acceptors (Lipinski definition) is 3. The van der Waals surface area contributed by atoms with Crippen LogP contribution in [0.25, 0.3) is 11.1 Å². The van der Waals surface area contributed by atoms with Gasteiger partial charge in [0.05, 0.1) is 28.7 Å². The van der Waals surface area contributed by atoms with Crippen LogP contribution in [0.15, 0.2) is 66.7 Å². The van der Waals surface area contributed by atoms with E-state index in [-0.39, 0.29) is 11.8 Å². The van der Waals surface area contributed by atoms with Gasteiger partial charge < -0.3 is 4.74 Å². The van der Waals surface area contributed by atoms with Gasteiger partial charge in [-0.15, -0.1) is 0 Å². The monoisotopic (exact) mass is 345 g/mol. The minimum absolute atomic E-state index is 0.168. The molecule has 2 amide bonds. The Morgan fingerprint density at radius 3 is 1.96 bits per heavy atom. The van der Waals surface area contributed by atoms with Crippen LogP contribution in [-0.2, 0) is 14.3 Å². The van der Waals surface area contributed by atoms with Gasteiger partial charge in [0.25, 0.3) is 0 Å². The smallest absolute Gasteiger partial charge is 0.241 e. The zero-order chi connectivity index (χ0) is 18.1. The standard InChI is InChI=1S/C22H19NO3/c1-21-12-13-22(2,26-21)18-17(21)19(24)23(20(18)25)16-11-7-6-10-15(16)14-8-4-3-5-9-14/h3-13,17-18H,1-2H3/t17-,18+,21-,22+. The van der Waals surface area contributed by atoms with Crippen LogP contribution in [0.1, 0.15) is 13.8 Å². The number of hydrogen-bond donors (Lipinski definition) is 0. The molecule has 2 fully saturated rings. The van der Waals surface area contributed by atoms with E-state index in [2.05, 4.69) is 0 Å². The average Bonchev–Trinajstić information content (AvgIpc) is 3.19. The van der Waals surface area contributed by atoms with Crippen LogP contribution in [0, 0.1) is 11.8 Å². The Labute approximate surface area is 152 Å². The second kappa shape index (κ2) is 4.92. The molecule has 130 valence electrons. The van der Waals surface area contributed by atoms with Gasteiger partial charge >= 0.3 is 0 Å². The summed E-state index contributed by atoms with van der Waals surface area (Å²) in [4.78, 5) is 28.0. The molecule has 0 aliphatic carbocycles. The van der Waals surface area contributed by atoms with Gasteiger partial charge in [-0.2, -0.15) is 0 Å². The van der Waals surface area contributed by atoms with Gasteiger partial charge in [0.15, 0.2) is 0 Å². The van der Waals surface area contributed by atoms with Crippen LogP contribution in [0.4, 0.5) is 5.69 Å². The molecule has 0 radical (unpaired) electrons. The van der Waals surface area contributed by atoms with Gasteiger partial charge in [0.2, 0.25) is 11.8 Å². The lowest BCUT2D eigenvalue weighted by atomic mass is 9.73. The second-order valence-electron chi connectivity index (χ2n) is 7.65. The molecule has 4 heteroatoms. The van der Waals surface area contributed by atoms with Crippen LogP contribution in [0.2, 0.25) is 0 Å². The maximum Gasteiger partial charge on any atom is 0.241 e. The Morgan fingerprint density at radius 1 is 0.808 bits per heavy atom. The highest BCUT2D eigenvalue weighted by molar-refractivity contribution is 6.24. The molecule has 4 nitrogen and oxygen atoms in total. The summed E-state index contributed by atoms with van der Waals surface area (Å²) in [6.07, 6.45) is 3.87. The molecule has 3 heterocycles. The van der Waals surface area contributed by atoms with E-state index < -0.39 is 23.0 Å². The number of ether oxygens (including phenoxy) is 1. The fourth-order valence-electron chi connectivity index (χ4n) is 4.80. The van der Waals surface area contributed by atoms with Crippen molar-refractivity contribution in [3.63, 3.8) is 0 Å². The van der Waals surface area contributed by atoms with Crippen molar-refractivity contribution in [3.05, 3.63) is 66.7 Å². The molecule has 0 unspecified atom stereocenters. The predicted octanol–water partition coefficient (Wildman–Crippen LogP) is 3.58. The fourth-order valence-corrected chi connectivity index (χ4v) is 4.80. The Kier molecular flexibility index (Phi) is 2.94. The third-order valence-corrected chi connectivity index (χ3v) is 5.96. The van der Waals surface area contributed by atoms with Crippen molar-refractivity contribution in [2.75, 3.05) is 4.90 Å². The maximum atomic E-state index is 13.3. The third kappa shape index (κ3) is 1.82. The highest BCUT2D eigenvalue weighted by atomic mass is 16.5. The van der Waals surface area contributed by atoms with E-state index in [4.69, 9.17) is 4.74 Å². The molecule has 0 aromatic heterocycles. The molecule has 0 N–H and O–H groups in total. The van der Waals surface area contributed by atoms with Crippen molar-refractivity contribution in [1.29, 1.82) is 0 Å². The molecule has 2 saturated heterocycles. The molecule has 3 aliphatic rings. The molecule has 4 atom stereocenters. The first-order chi connectivity index (χ1) is 12.4. The third-order valence-electron chi connectivity index (χ3n) is 5.96. The van der Waals surface area contributed by atoms with E-state index >= 15 is 0 Å². The molecule has 26 heavy (non-hydrogen) atoms. The van der Waals surface area contributed by atoms with E-state index in [0.717, 1.165) is 11.1 Å². The van der Waals surface area contributed by atoms with Crippen molar-refractivity contribution in [2.24, 2.45) is 11.8 Å². The SMILES string of the molecule is C[C@]12C=C[C@](C)(O1)[C@@H]1C(=O)N(c3ccccc3-c3ccccc3)C(=O)[C@@H]12. The number of carbonyl (C=O) groups excluding carboxylic acids is 2. The largest absolute Gasteiger partial charge is 0.359 e. The Morgan fingerprint density at radius 2 is 1.35 bits per heavy atom. The second-order valence-corrected chi connectivity index (χ2v) is 7.65. The van der Waals surface area contributed by atoms with Crippen molar-refractivity contribution >= 4 is 17.5 Å². The summed E-state index contributed by atoms with van der Waals surface area (Å²) < 4.78 is 6.07. The van der Waals surface area contributed by atoms with Crippen molar-refractivity contribution in [3.8, 4) is 11.1 Å². The fraction of sp³-hybridized carbons (Fsp3) is 0.273. The Hall–Kier alpha value is -2.72. The summed E-state index contributed by atoms with van der Waals surface area (Å²) in [5.41, 5.74) is 1.10. The number of rotatable bonds is 2. The van der Waals surface area contributed by atoms with Crippen LogP contribution < -0.4 is 4.90 Å². The number of imide groups is 1. The molecule has 0 saturated carbocycles. The van der Waals surface area contributed by atoms with E-state index in [0.29, 0.717) is 5.69 Å². The summed E-state index contributed by atoms with van der Waals surface area (Å²) in [6, 6.07) is 17.4. The zero-order valence-corrected chi connectivity index (χ0v) is 14.7. The van der Waals surface area contributed by atoms with Gasteiger partial charge in [0.1, 0.15) is 0 Å². The van der Waals surface area contributed by atoms with Gasteiger partial charge in [-0.05, 0) is 25.5 Å². The molecular formula is C22H19NO3. The highest BCUT2D eigenvalue weighted by Gasteiger charge is 2.70. The molecule has 2 bridgehead atoms. The van der Waals surface area contributed by atoms with E-state index in [1.807, 2.05) is 80.6 Å². The molecule has 3 aliphatic heterocycles. The summed E-state index contributed by atoms with van der Waals surface area (Å²) >= 11 is 0. The number of carbonyl (C=O) groups is 2. The summed E-state index contributed by atoms with van der Waals surface area (Å²) in [7, 11) is 0. The van der Waals surface area contributed by atoms with Crippen molar-refractivity contribution < 1.29 is 14.3 Å². The van der Waals surface area contributed by atoms with Crippen LogP contribution in [-0.4, -0.2) is 23.0 Å².